The smallest absolute Gasteiger partial charge is 0.314 e. The monoisotopic (exact) mass is 394 g/mol. The first-order valence-corrected chi connectivity index (χ1v) is 8.88. The van der Waals surface area contributed by atoms with Gasteiger partial charge in [-0.15, -0.1) is 0 Å². The number of amides is 1. The molecular formula is C19H20ClFN2O4. The molecule has 144 valence electrons. The van der Waals surface area contributed by atoms with E-state index in [0.29, 0.717) is 16.3 Å². The Labute approximate surface area is 160 Å². The van der Waals surface area contributed by atoms with Crippen molar-refractivity contribution in [3.63, 3.8) is 0 Å². The summed E-state index contributed by atoms with van der Waals surface area (Å²) < 4.78 is 14.7. The number of carbonyl (C=O) groups excluding carboxylic acids is 1. The Morgan fingerprint density at radius 2 is 2.00 bits per heavy atom. The van der Waals surface area contributed by atoms with Crippen LogP contribution in [0.25, 0.3) is 0 Å². The molecule has 2 aromatic rings. The molecule has 0 bridgehead atoms. The number of aliphatic hydroxyl groups is 1. The number of nitrogens with zero attached hydrogens (tertiary/aromatic N) is 2. The van der Waals surface area contributed by atoms with Crippen LogP contribution in [0.3, 0.4) is 0 Å². The Balaban J connectivity index is 1.90. The Kier molecular flexibility index (Phi) is 5.26. The summed E-state index contributed by atoms with van der Waals surface area (Å²) in [5.41, 5.74) is -0.646. The van der Waals surface area contributed by atoms with Crippen molar-refractivity contribution < 1.29 is 24.2 Å². The van der Waals surface area contributed by atoms with Crippen LogP contribution in [0.5, 0.6) is 0 Å². The molecule has 3 rings (SSSR count). The van der Waals surface area contributed by atoms with Crippen LogP contribution in [-0.2, 0) is 18.3 Å². The molecule has 1 aliphatic heterocycles. The quantitative estimate of drug-likeness (QED) is 0.833. The lowest BCUT2D eigenvalue weighted by Gasteiger charge is -2.43. The summed E-state index contributed by atoms with van der Waals surface area (Å²) >= 11 is 5.94. The first kappa shape index (κ1) is 19.4. The standard InChI is InChI=1S/C19H20ClFN2O4/c1-22-10-13(20)8-15(22)17(25)23-7-6-16(24)19(11-23,18(26)27)9-12-2-4-14(21)5-3-12/h2-5,8,10,16,24H,6-7,9,11H2,1H3,(H,26,27)/t16-,19+/m0/s1. The van der Waals surface area contributed by atoms with E-state index in [-0.39, 0.29) is 31.8 Å². The second-order valence-corrected chi connectivity index (χ2v) is 7.39. The summed E-state index contributed by atoms with van der Waals surface area (Å²) in [7, 11) is 1.68. The molecule has 0 spiro atoms. The summed E-state index contributed by atoms with van der Waals surface area (Å²) in [6.07, 6.45) is 0.594. The SMILES string of the molecule is Cn1cc(Cl)cc1C(=O)N1CC[C@H](O)[C@](Cc2ccc(F)cc2)(C(=O)O)C1. The first-order chi connectivity index (χ1) is 12.7. The van der Waals surface area contributed by atoms with Crippen LogP contribution in [0.4, 0.5) is 4.39 Å². The number of hydrogen-bond donors (Lipinski definition) is 2. The Morgan fingerprint density at radius 1 is 1.33 bits per heavy atom. The van der Waals surface area contributed by atoms with Gasteiger partial charge in [-0.2, -0.15) is 0 Å². The van der Waals surface area contributed by atoms with Gasteiger partial charge in [0.05, 0.1) is 11.1 Å². The van der Waals surface area contributed by atoms with Gasteiger partial charge in [0.1, 0.15) is 16.9 Å². The largest absolute Gasteiger partial charge is 0.481 e. The predicted octanol–water partition coefficient (Wildman–Crippen LogP) is 2.34. The fourth-order valence-electron chi connectivity index (χ4n) is 3.58. The number of rotatable bonds is 4. The van der Waals surface area contributed by atoms with Crippen LogP contribution < -0.4 is 0 Å². The van der Waals surface area contributed by atoms with Crippen molar-refractivity contribution in [3.05, 3.63) is 58.6 Å². The number of halogens is 2. The number of aromatic nitrogens is 1. The molecule has 1 amide bonds. The minimum atomic E-state index is -1.57. The lowest BCUT2D eigenvalue weighted by molar-refractivity contribution is -0.161. The van der Waals surface area contributed by atoms with Gasteiger partial charge in [0.25, 0.3) is 5.91 Å². The van der Waals surface area contributed by atoms with E-state index in [4.69, 9.17) is 11.6 Å². The fourth-order valence-corrected chi connectivity index (χ4v) is 3.83. The van der Waals surface area contributed by atoms with Gasteiger partial charge in [-0.1, -0.05) is 23.7 Å². The maximum absolute atomic E-state index is 13.2. The molecule has 1 fully saturated rings. The average molecular weight is 395 g/mol. The van der Waals surface area contributed by atoms with Crippen molar-refractivity contribution in [1.29, 1.82) is 0 Å². The van der Waals surface area contributed by atoms with E-state index in [1.807, 2.05) is 0 Å². The number of carbonyl (C=O) groups is 2. The molecule has 6 nitrogen and oxygen atoms in total. The molecule has 8 heteroatoms. The third-order valence-corrected chi connectivity index (χ3v) is 5.33. The van der Waals surface area contributed by atoms with Crippen LogP contribution in [0, 0.1) is 11.2 Å². The highest BCUT2D eigenvalue weighted by atomic mass is 35.5. The highest BCUT2D eigenvalue weighted by molar-refractivity contribution is 6.31. The van der Waals surface area contributed by atoms with E-state index < -0.39 is 23.3 Å². The van der Waals surface area contributed by atoms with E-state index >= 15 is 0 Å². The molecule has 27 heavy (non-hydrogen) atoms. The Hall–Kier alpha value is -2.38. The molecule has 0 radical (unpaired) electrons. The van der Waals surface area contributed by atoms with E-state index in [2.05, 4.69) is 0 Å². The fraction of sp³-hybridized carbons (Fsp3) is 0.368. The molecule has 2 N–H and O–H groups in total. The van der Waals surface area contributed by atoms with Gasteiger partial charge >= 0.3 is 5.97 Å². The van der Waals surface area contributed by atoms with Crippen molar-refractivity contribution in [1.82, 2.24) is 9.47 Å². The van der Waals surface area contributed by atoms with E-state index in [1.165, 1.54) is 35.2 Å². The second kappa shape index (κ2) is 7.32. The molecule has 1 aromatic carbocycles. The van der Waals surface area contributed by atoms with Crippen molar-refractivity contribution in [2.45, 2.75) is 18.9 Å². The third kappa shape index (κ3) is 3.70. The molecule has 2 heterocycles. The molecule has 1 aliphatic rings. The summed E-state index contributed by atoms with van der Waals surface area (Å²) in [4.78, 5) is 26.4. The normalized spacial score (nSPS) is 22.7. The van der Waals surface area contributed by atoms with Crippen LogP contribution in [-0.4, -0.2) is 50.8 Å². The Bertz CT molecular complexity index is 867. The highest BCUT2D eigenvalue weighted by Crippen LogP contribution is 2.35. The van der Waals surface area contributed by atoms with Gasteiger partial charge in [0, 0.05) is 26.3 Å². The minimum Gasteiger partial charge on any atom is -0.481 e. The van der Waals surface area contributed by atoms with Gasteiger partial charge < -0.3 is 19.7 Å². The highest BCUT2D eigenvalue weighted by Gasteiger charge is 2.50. The van der Waals surface area contributed by atoms with E-state index in [9.17, 15) is 24.2 Å². The number of likely N-dealkylation sites (tertiary alicyclic amines) is 1. The topological polar surface area (TPSA) is 82.8 Å². The summed E-state index contributed by atoms with van der Waals surface area (Å²) in [6, 6.07) is 7.00. The molecular weight excluding hydrogens is 375 g/mol. The zero-order chi connectivity index (χ0) is 19.8. The molecule has 2 atom stereocenters. The van der Waals surface area contributed by atoms with Crippen molar-refractivity contribution >= 4 is 23.5 Å². The van der Waals surface area contributed by atoms with Crippen LogP contribution >= 0.6 is 11.6 Å². The Morgan fingerprint density at radius 3 is 2.56 bits per heavy atom. The van der Waals surface area contributed by atoms with Gasteiger partial charge in [-0.3, -0.25) is 9.59 Å². The molecule has 0 saturated carbocycles. The van der Waals surface area contributed by atoms with Crippen molar-refractivity contribution in [3.8, 4) is 0 Å². The number of carboxylic acid groups (broad SMARTS) is 1. The number of benzene rings is 1. The molecule has 0 unspecified atom stereocenters. The van der Waals surface area contributed by atoms with Crippen LogP contribution in [0.1, 0.15) is 22.5 Å². The van der Waals surface area contributed by atoms with Crippen molar-refractivity contribution in [2.75, 3.05) is 13.1 Å². The summed E-state index contributed by atoms with van der Waals surface area (Å²) in [5, 5.41) is 20.8. The minimum absolute atomic E-state index is 0.0124. The van der Waals surface area contributed by atoms with Gasteiger partial charge in [-0.05, 0) is 36.6 Å². The molecule has 1 aromatic heterocycles. The summed E-state index contributed by atoms with van der Waals surface area (Å²) in [5.74, 6) is -1.97. The van der Waals surface area contributed by atoms with Crippen molar-refractivity contribution in [2.24, 2.45) is 12.5 Å². The van der Waals surface area contributed by atoms with E-state index in [0.717, 1.165) is 0 Å². The number of aliphatic hydroxyl groups excluding tert-OH is 1. The lowest BCUT2D eigenvalue weighted by atomic mass is 9.72. The average Bonchev–Trinajstić information content (AvgIpc) is 2.96. The number of carboxylic acids is 1. The second-order valence-electron chi connectivity index (χ2n) is 6.95. The number of piperidine rings is 1. The predicted molar refractivity (Wildman–Crippen MR) is 97.1 cm³/mol. The molecule has 1 saturated heterocycles. The zero-order valence-electron chi connectivity index (χ0n) is 14.7. The first-order valence-electron chi connectivity index (χ1n) is 8.50. The number of aryl methyl sites for hydroxylation is 1. The lowest BCUT2D eigenvalue weighted by Crippen LogP contribution is -2.58. The van der Waals surface area contributed by atoms with Crippen LogP contribution in [0.2, 0.25) is 5.02 Å². The van der Waals surface area contributed by atoms with Gasteiger partial charge in [0.15, 0.2) is 0 Å². The maximum atomic E-state index is 13.2. The zero-order valence-corrected chi connectivity index (χ0v) is 15.5. The van der Waals surface area contributed by atoms with Crippen LogP contribution in [0.15, 0.2) is 36.5 Å². The molecule has 0 aliphatic carbocycles. The number of hydrogen-bond acceptors (Lipinski definition) is 3. The number of aliphatic carboxylic acids is 1. The van der Waals surface area contributed by atoms with E-state index in [1.54, 1.807) is 17.8 Å². The van der Waals surface area contributed by atoms with Gasteiger partial charge in [0.2, 0.25) is 0 Å². The maximum Gasteiger partial charge on any atom is 0.314 e. The summed E-state index contributed by atoms with van der Waals surface area (Å²) in [6.45, 7) is 0.0871. The third-order valence-electron chi connectivity index (χ3n) is 5.12. The van der Waals surface area contributed by atoms with Gasteiger partial charge in [-0.25, -0.2) is 4.39 Å².